The van der Waals surface area contributed by atoms with Gasteiger partial charge in [0.15, 0.2) is 0 Å². The Labute approximate surface area is 190 Å². The lowest BCUT2D eigenvalue weighted by Gasteiger charge is -2.36. The van der Waals surface area contributed by atoms with Gasteiger partial charge in [0.1, 0.15) is 11.6 Å². The van der Waals surface area contributed by atoms with E-state index in [1.165, 1.54) is 11.1 Å². The lowest BCUT2D eigenvalue weighted by atomic mass is 10.1. The number of benzene rings is 2. The minimum Gasteiger partial charge on any atom is -0.374 e. The van der Waals surface area contributed by atoms with Crippen molar-refractivity contribution in [3.63, 3.8) is 0 Å². The number of piperazine rings is 2. The maximum atomic E-state index is 13.0. The van der Waals surface area contributed by atoms with Gasteiger partial charge >= 0.3 is 0 Å². The average Bonchev–Trinajstić information content (AvgIpc) is 2.85. The molecule has 2 fully saturated rings. The van der Waals surface area contributed by atoms with Gasteiger partial charge < -0.3 is 9.80 Å². The fourth-order valence-corrected chi connectivity index (χ4v) is 4.33. The first-order valence-electron chi connectivity index (χ1n) is 11.4. The van der Waals surface area contributed by atoms with E-state index in [-0.39, 0.29) is 11.5 Å². The molecule has 2 aliphatic rings. The molecule has 0 radical (unpaired) electrons. The molecule has 2 aromatic carbocycles. The zero-order chi connectivity index (χ0) is 22.2. The smallest absolute Gasteiger partial charge is 0.266 e. The van der Waals surface area contributed by atoms with Gasteiger partial charge in [0.05, 0.1) is 0 Å². The molecule has 6 heteroatoms. The van der Waals surface area contributed by atoms with Crippen LogP contribution in [0.1, 0.15) is 11.1 Å². The zero-order valence-electron chi connectivity index (χ0n) is 18.6. The van der Waals surface area contributed by atoms with Crippen LogP contribution in [0.4, 0.5) is 0 Å². The third-order valence-corrected chi connectivity index (χ3v) is 6.23. The van der Waals surface area contributed by atoms with E-state index in [2.05, 4.69) is 69.3 Å². The predicted molar refractivity (Wildman–Crippen MR) is 125 cm³/mol. The molecule has 0 atom stereocenters. The molecular formula is C26H31N5O. The summed E-state index contributed by atoms with van der Waals surface area (Å²) >= 11 is 0. The molecule has 2 heterocycles. The van der Waals surface area contributed by atoms with Crippen molar-refractivity contribution in [1.29, 1.82) is 5.26 Å². The van der Waals surface area contributed by atoms with Crippen molar-refractivity contribution in [2.45, 2.75) is 13.1 Å². The minimum absolute atomic E-state index is 0.140. The van der Waals surface area contributed by atoms with Gasteiger partial charge in [-0.2, -0.15) is 5.26 Å². The van der Waals surface area contributed by atoms with E-state index in [0.29, 0.717) is 13.1 Å². The largest absolute Gasteiger partial charge is 0.374 e. The molecule has 166 valence electrons. The highest BCUT2D eigenvalue weighted by atomic mass is 16.2. The van der Waals surface area contributed by atoms with Gasteiger partial charge in [0, 0.05) is 71.6 Å². The van der Waals surface area contributed by atoms with Crippen molar-refractivity contribution in [2.24, 2.45) is 0 Å². The van der Waals surface area contributed by atoms with E-state index in [1.807, 2.05) is 17.0 Å². The molecule has 0 spiro atoms. The van der Waals surface area contributed by atoms with Crippen molar-refractivity contribution in [3.8, 4) is 6.07 Å². The standard InChI is InChI=1S/C26H31N5O/c27-19-25(22-30-13-11-28(12-14-30)20-23-7-3-1-4-8-23)26(32)31-17-15-29(16-18-31)21-24-9-5-2-6-10-24/h1-10,22H,11-18,20-21H2/b25-22-. The highest BCUT2D eigenvalue weighted by Crippen LogP contribution is 2.13. The maximum Gasteiger partial charge on any atom is 0.266 e. The summed E-state index contributed by atoms with van der Waals surface area (Å²) in [5, 5.41) is 9.64. The van der Waals surface area contributed by atoms with Crippen LogP contribution in [-0.4, -0.2) is 77.9 Å². The van der Waals surface area contributed by atoms with Crippen LogP contribution in [0.2, 0.25) is 0 Å². The molecule has 0 saturated carbocycles. The summed E-state index contributed by atoms with van der Waals surface area (Å²) in [6.45, 7) is 8.34. The third-order valence-electron chi connectivity index (χ3n) is 6.23. The number of hydrogen-bond acceptors (Lipinski definition) is 5. The van der Waals surface area contributed by atoms with Crippen molar-refractivity contribution < 1.29 is 4.79 Å². The van der Waals surface area contributed by atoms with Gasteiger partial charge in [-0.3, -0.25) is 14.6 Å². The van der Waals surface area contributed by atoms with Crippen molar-refractivity contribution in [1.82, 2.24) is 19.6 Å². The van der Waals surface area contributed by atoms with Crippen LogP contribution in [-0.2, 0) is 17.9 Å². The van der Waals surface area contributed by atoms with E-state index in [0.717, 1.165) is 52.4 Å². The normalized spacial score (nSPS) is 18.4. The summed E-state index contributed by atoms with van der Waals surface area (Å²) in [5.74, 6) is -0.140. The third kappa shape index (κ3) is 5.97. The molecular weight excluding hydrogens is 398 g/mol. The Balaban J connectivity index is 1.25. The molecule has 2 aliphatic heterocycles. The Bertz CT molecular complexity index is 937. The van der Waals surface area contributed by atoms with Crippen molar-refractivity contribution in [2.75, 3.05) is 52.4 Å². The molecule has 0 aliphatic carbocycles. The number of amides is 1. The second kappa shape index (κ2) is 10.9. The van der Waals surface area contributed by atoms with E-state index >= 15 is 0 Å². The number of nitrogens with zero attached hydrogens (tertiary/aromatic N) is 5. The zero-order valence-corrected chi connectivity index (χ0v) is 18.6. The monoisotopic (exact) mass is 429 g/mol. The molecule has 0 bridgehead atoms. The van der Waals surface area contributed by atoms with Crippen LogP contribution in [0.15, 0.2) is 72.4 Å². The lowest BCUT2D eigenvalue weighted by molar-refractivity contribution is -0.128. The summed E-state index contributed by atoms with van der Waals surface area (Å²) < 4.78 is 0. The fraction of sp³-hybridized carbons (Fsp3) is 0.385. The van der Waals surface area contributed by atoms with Crippen LogP contribution in [0, 0.1) is 11.3 Å². The van der Waals surface area contributed by atoms with Gasteiger partial charge in [-0.05, 0) is 11.1 Å². The highest BCUT2D eigenvalue weighted by Gasteiger charge is 2.25. The first kappa shape index (κ1) is 22.1. The molecule has 0 unspecified atom stereocenters. The van der Waals surface area contributed by atoms with E-state index in [1.54, 1.807) is 6.20 Å². The van der Waals surface area contributed by atoms with Crippen LogP contribution in [0.25, 0.3) is 0 Å². The highest BCUT2D eigenvalue weighted by molar-refractivity contribution is 5.97. The maximum absolute atomic E-state index is 13.0. The summed E-state index contributed by atoms with van der Waals surface area (Å²) in [4.78, 5) is 21.7. The summed E-state index contributed by atoms with van der Waals surface area (Å²) in [7, 11) is 0. The van der Waals surface area contributed by atoms with Gasteiger partial charge in [0.25, 0.3) is 5.91 Å². The van der Waals surface area contributed by atoms with Gasteiger partial charge in [-0.15, -0.1) is 0 Å². The van der Waals surface area contributed by atoms with E-state index in [4.69, 9.17) is 0 Å². The van der Waals surface area contributed by atoms with E-state index < -0.39 is 0 Å². The Hall–Kier alpha value is -3.14. The molecule has 2 aromatic rings. The van der Waals surface area contributed by atoms with Crippen LogP contribution < -0.4 is 0 Å². The molecule has 6 nitrogen and oxygen atoms in total. The summed E-state index contributed by atoms with van der Waals surface area (Å²) in [5.41, 5.74) is 2.85. The quantitative estimate of drug-likeness (QED) is 0.522. The molecule has 0 N–H and O–H groups in total. The topological polar surface area (TPSA) is 53.8 Å². The fourth-order valence-electron chi connectivity index (χ4n) is 4.33. The first-order valence-corrected chi connectivity index (χ1v) is 11.4. The SMILES string of the molecule is N#C/C(=C/N1CCN(Cc2ccccc2)CC1)C(=O)N1CCN(Cc2ccccc2)CC1. The Morgan fingerprint density at radius 1 is 0.750 bits per heavy atom. The molecule has 0 aromatic heterocycles. The molecule has 1 amide bonds. The number of nitriles is 1. The van der Waals surface area contributed by atoms with Gasteiger partial charge in [0.2, 0.25) is 0 Å². The first-order chi connectivity index (χ1) is 15.7. The van der Waals surface area contributed by atoms with Crippen LogP contribution in [0.5, 0.6) is 0 Å². The van der Waals surface area contributed by atoms with Gasteiger partial charge in [-0.25, -0.2) is 0 Å². The minimum atomic E-state index is -0.140. The van der Waals surface area contributed by atoms with E-state index in [9.17, 15) is 10.1 Å². The second-order valence-corrected chi connectivity index (χ2v) is 8.51. The number of rotatable bonds is 6. The van der Waals surface area contributed by atoms with Crippen LogP contribution in [0.3, 0.4) is 0 Å². The number of hydrogen-bond donors (Lipinski definition) is 0. The number of carbonyl (C=O) groups excluding carboxylic acids is 1. The summed E-state index contributed by atoms with van der Waals surface area (Å²) in [6.07, 6.45) is 1.78. The number of carbonyl (C=O) groups is 1. The predicted octanol–water partition coefficient (Wildman–Crippen LogP) is 2.56. The average molecular weight is 430 g/mol. The van der Waals surface area contributed by atoms with Crippen molar-refractivity contribution in [3.05, 3.63) is 83.6 Å². The van der Waals surface area contributed by atoms with Crippen LogP contribution >= 0.6 is 0 Å². The van der Waals surface area contributed by atoms with Gasteiger partial charge in [-0.1, -0.05) is 60.7 Å². The Kier molecular flexibility index (Phi) is 7.55. The Morgan fingerprint density at radius 2 is 1.22 bits per heavy atom. The summed E-state index contributed by atoms with van der Waals surface area (Å²) in [6, 6.07) is 23.0. The molecule has 4 rings (SSSR count). The second-order valence-electron chi connectivity index (χ2n) is 8.51. The molecule has 2 saturated heterocycles. The molecule has 32 heavy (non-hydrogen) atoms. The lowest BCUT2D eigenvalue weighted by Crippen LogP contribution is -2.49. The Morgan fingerprint density at radius 3 is 1.69 bits per heavy atom. The van der Waals surface area contributed by atoms with Crippen molar-refractivity contribution >= 4 is 5.91 Å².